The Morgan fingerprint density at radius 3 is 2.57 bits per heavy atom. The number of rotatable bonds is 7. The highest BCUT2D eigenvalue weighted by Crippen LogP contribution is 2.29. The third-order valence-corrected chi connectivity index (χ3v) is 4.66. The van der Waals surface area contributed by atoms with Gasteiger partial charge in [0.15, 0.2) is 0 Å². The van der Waals surface area contributed by atoms with Gasteiger partial charge in [0.05, 0.1) is 6.61 Å². The van der Waals surface area contributed by atoms with E-state index in [1.54, 1.807) is 31.2 Å². The normalized spacial score (nSPS) is 12.2. The molecule has 0 spiro atoms. The Morgan fingerprint density at radius 1 is 1.30 bits per heavy atom. The molecule has 0 radical (unpaired) electrons. The van der Waals surface area contributed by atoms with Crippen molar-refractivity contribution in [3.8, 4) is 5.75 Å². The maximum atomic E-state index is 12.4. The largest absolute Gasteiger partial charge is 0.492 e. The second kappa shape index (κ2) is 8.50. The van der Waals surface area contributed by atoms with Crippen molar-refractivity contribution in [2.45, 2.75) is 18.7 Å². The molecule has 1 aromatic rings. The highest BCUT2D eigenvalue weighted by Gasteiger charge is 2.23. The van der Waals surface area contributed by atoms with E-state index in [4.69, 9.17) is 4.74 Å². The maximum absolute atomic E-state index is 12.4. The summed E-state index contributed by atoms with van der Waals surface area (Å²) < 4.78 is 31.2. The van der Waals surface area contributed by atoms with Crippen LogP contribution in [0.4, 0.5) is 5.69 Å². The van der Waals surface area contributed by atoms with Crippen LogP contribution in [0.2, 0.25) is 0 Å². The zero-order valence-corrected chi connectivity index (χ0v) is 14.6. The van der Waals surface area contributed by atoms with Crippen molar-refractivity contribution in [3.05, 3.63) is 42.5 Å². The van der Waals surface area contributed by atoms with E-state index in [1.165, 1.54) is 32.3 Å². The number of hydrogen-bond acceptors (Lipinski definition) is 4. The number of carbonyl (C=O) groups excluding carboxylic acids is 1. The van der Waals surface area contributed by atoms with E-state index in [1.807, 2.05) is 6.92 Å². The van der Waals surface area contributed by atoms with E-state index in [0.29, 0.717) is 12.3 Å². The first-order chi connectivity index (χ1) is 10.8. The Morgan fingerprint density at radius 2 is 2.00 bits per heavy atom. The molecule has 7 heteroatoms. The van der Waals surface area contributed by atoms with Gasteiger partial charge >= 0.3 is 0 Å². The van der Waals surface area contributed by atoms with Crippen LogP contribution < -0.4 is 10.1 Å². The fourth-order valence-electron chi connectivity index (χ4n) is 1.70. The minimum Gasteiger partial charge on any atom is -0.492 e. The Labute approximate surface area is 137 Å². The third kappa shape index (κ3) is 5.22. The van der Waals surface area contributed by atoms with Gasteiger partial charge in [0.2, 0.25) is 15.9 Å². The summed E-state index contributed by atoms with van der Waals surface area (Å²) in [6.45, 7) is 3.95. The van der Waals surface area contributed by atoms with E-state index in [0.717, 1.165) is 4.31 Å². The van der Waals surface area contributed by atoms with Gasteiger partial charge in [-0.05, 0) is 32.0 Å². The Balaban J connectivity index is 3.16. The molecule has 0 aliphatic carbocycles. The average Bonchev–Trinajstić information content (AvgIpc) is 2.49. The van der Waals surface area contributed by atoms with Crippen LogP contribution in [0.3, 0.4) is 0 Å². The lowest BCUT2D eigenvalue weighted by atomic mass is 10.3. The third-order valence-electron chi connectivity index (χ3n) is 2.82. The first-order valence-corrected chi connectivity index (χ1v) is 8.56. The molecule has 0 aliphatic heterocycles. The zero-order chi connectivity index (χ0) is 17.5. The van der Waals surface area contributed by atoms with Crippen LogP contribution in [0.15, 0.2) is 47.4 Å². The van der Waals surface area contributed by atoms with Crippen LogP contribution in [0, 0.1) is 0 Å². The smallest absolute Gasteiger partial charge is 0.248 e. The van der Waals surface area contributed by atoms with E-state index < -0.39 is 10.0 Å². The number of amides is 1. The quantitative estimate of drug-likeness (QED) is 0.612. The van der Waals surface area contributed by atoms with E-state index >= 15 is 0 Å². The van der Waals surface area contributed by atoms with Gasteiger partial charge in [-0.15, -0.1) is 0 Å². The van der Waals surface area contributed by atoms with Gasteiger partial charge in [-0.25, -0.2) is 12.7 Å². The van der Waals surface area contributed by atoms with E-state index in [-0.39, 0.29) is 16.6 Å². The number of carbonyl (C=O) groups is 1. The first-order valence-electron chi connectivity index (χ1n) is 7.12. The van der Waals surface area contributed by atoms with Gasteiger partial charge in [0.25, 0.3) is 0 Å². The van der Waals surface area contributed by atoms with Gasteiger partial charge in [-0.1, -0.05) is 18.2 Å². The van der Waals surface area contributed by atoms with Crippen LogP contribution in [-0.2, 0) is 14.8 Å². The van der Waals surface area contributed by atoms with Gasteiger partial charge in [0, 0.05) is 25.9 Å². The molecule has 0 unspecified atom stereocenters. The summed E-state index contributed by atoms with van der Waals surface area (Å²) in [5.41, 5.74) is 0.379. The van der Waals surface area contributed by atoms with Crippen molar-refractivity contribution in [2.75, 3.05) is 26.0 Å². The monoisotopic (exact) mass is 338 g/mol. The summed E-state index contributed by atoms with van der Waals surface area (Å²) in [6.07, 6.45) is 6.47. The fraction of sp³-hybridized carbons (Fsp3) is 0.312. The van der Waals surface area contributed by atoms with Crippen LogP contribution in [0.5, 0.6) is 5.75 Å². The summed E-state index contributed by atoms with van der Waals surface area (Å²) in [6, 6.07) is 4.52. The van der Waals surface area contributed by atoms with Crippen LogP contribution in [0.1, 0.15) is 13.8 Å². The summed E-state index contributed by atoms with van der Waals surface area (Å²) in [5.74, 6) is -0.0934. The molecule has 0 saturated carbocycles. The molecule has 1 rings (SSSR count). The lowest BCUT2D eigenvalue weighted by Crippen LogP contribution is -2.23. The molecule has 0 aliphatic rings. The minimum absolute atomic E-state index is 0.0135. The number of sulfonamides is 1. The Kier molecular flexibility index (Phi) is 6.99. The zero-order valence-electron chi connectivity index (χ0n) is 13.7. The van der Waals surface area contributed by atoms with Gasteiger partial charge in [0.1, 0.15) is 10.6 Å². The van der Waals surface area contributed by atoms with Crippen molar-refractivity contribution in [1.82, 2.24) is 4.31 Å². The van der Waals surface area contributed by atoms with Gasteiger partial charge in [-0.2, -0.15) is 0 Å². The highest BCUT2D eigenvalue weighted by atomic mass is 32.2. The number of anilines is 1. The van der Waals surface area contributed by atoms with Crippen LogP contribution >= 0.6 is 0 Å². The number of benzene rings is 1. The van der Waals surface area contributed by atoms with Gasteiger partial charge < -0.3 is 10.1 Å². The maximum Gasteiger partial charge on any atom is 0.248 e. The predicted octanol–water partition coefficient (Wildman–Crippen LogP) is 2.41. The number of hydrogen-bond donors (Lipinski definition) is 1. The van der Waals surface area contributed by atoms with E-state index in [9.17, 15) is 13.2 Å². The van der Waals surface area contributed by atoms with E-state index in [2.05, 4.69) is 5.32 Å². The van der Waals surface area contributed by atoms with Crippen molar-refractivity contribution in [1.29, 1.82) is 0 Å². The Hall–Kier alpha value is -2.12. The highest BCUT2D eigenvalue weighted by molar-refractivity contribution is 7.89. The summed E-state index contributed by atoms with van der Waals surface area (Å²) in [5, 5.41) is 2.62. The number of ether oxygens (including phenoxy) is 1. The second-order valence-electron chi connectivity index (χ2n) is 4.76. The molecule has 0 saturated heterocycles. The second-order valence-corrected chi connectivity index (χ2v) is 6.88. The van der Waals surface area contributed by atoms with Crippen molar-refractivity contribution in [2.24, 2.45) is 0 Å². The molecule has 6 nitrogen and oxygen atoms in total. The summed E-state index contributed by atoms with van der Waals surface area (Å²) in [4.78, 5) is 11.8. The number of nitrogens with one attached hydrogen (secondary N) is 1. The molecule has 0 aromatic heterocycles. The number of allylic oxidation sites excluding steroid dienone is 3. The molecule has 0 heterocycles. The van der Waals surface area contributed by atoms with Crippen LogP contribution in [-0.4, -0.2) is 39.3 Å². The SMILES string of the molecule is C/C=C/C=C\C(=O)Nc1ccc(OCC)c(S(=O)(=O)N(C)C)c1. The molecular weight excluding hydrogens is 316 g/mol. The predicted molar refractivity (Wildman–Crippen MR) is 91.1 cm³/mol. The lowest BCUT2D eigenvalue weighted by molar-refractivity contribution is -0.111. The molecule has 1 aromatic carbocycles. The molecule has 0 bridgehead atoms. The van der Waals surface area contributed by atoms with Crippen molar-refractivity contribution in [3.63, 3.8) is 0 Å². The standard InChI is InChI=1S/C16H22N2O4S/c1-5-7-8-9-16(19)17-13-10-11-14(22-6-2)15(12-13)23(20,21)18(3)4/h5,7-12H,6H2,1-4H3,(H,17,19)/b7-5+,9-8-. The van der Waals surface area contributed by atoms with Gasteiger partial charge in [-0.3, -0.25) is 4.79 Å². The molecule has 0 fully saturated rings. The molecule has 1 amide bonds. The lowest BCUT2D eigenvalue weighted by Gasteiger charge is -2.16. The Bertz CT molecular complexity index is 707. The summed E-state index contributed by atoms with van der Waals surface area (Å²) in [7, 11) is -0.800. The topological polar surface area (TPSA) is 75.7 Å². The fourth-order valence-corrected chi connectivity index (χ4v) is 2.75. The first kappa shape index (κ1) is 18.9. The molecule has 0 atom stereocenters. The number of nitrogens with zero attached hydrogens (tertiary/aromatic N) is 1. The van der Waals surface area contributed by atoms with Crippen LogP contribution in [0.25, 0.3) is 0 Å². The van der Waals surface area contributed by atoms with Crippen molar-refractivity contribution < 1.29 is 17.9 Å². The molecular formula is C16H22N2O4S. The average molecular weight is 338 g/mol. The molecule has 1 N–H and O–H groups in total. The molecule has 126 valence electrons. The van der Waals surface area contributed by atoms with Crippen molar-refractivity contribution >= 4 is 21.6 Å². The minimum atomic E-state index is -3.68. The summed E-state index contributed by atoms with van der Waals surface area (Å²) >= 11 is 0. The molecule has 23 heavy (non-hydrogen) atoms.